The average Bonchev–Trinajstić information content (AvgIpc) is 2.59. The molecule has 0 radical (unpaired) electrons. The second kappa shape index (κ2) is 8.11. The van der Waals surface area contributed by atoms with E-state index >= 15 is 0 Å². The molecule has 4 heteroatoms. The summed E-state index contributed by atoms with van der Waals surface area (Å²) in [5, 5.41) is 10.3. The molecule has 0 fully saturated rings. The minimum atomic E-state index is -0.0506. The van der Waals surface area contributed by atoms with Crippen molar-refractivity contribution in [3.05, 3.63) is 53.6 Å². The molecule has 126 valence electrons. The molecule has 0 aliphatic heterocycles. The summed E-state index contributed by atoms with van der Waals surface area (Å²) in [5.74, 6) is 1.70. The molecular formula is C20H22O4. The predicted octanol–water partition coefficient (Wildman–Crippen LogP) is 5.27. The molecule has 0 aliphatic carbocycles. The fourth-order valence-electron chi connectivity index (χ4n) is 2.31. The van der Waals surface area contributed by atoms with Gasteiger partial charge >= 0.3 is 0 Å². The number of hydrogen-bond donors (Lipinski definition) is 1. The first-order valence-electron chi connectivity index (χ1n) is 7.65. The van der Waals surface area contributed by atoms with Gasteiger partial charge in [0.15, 0.2) is 23.0 Å². The highest BCUT2D eigenvalue weighted by Crippen LogP contribution is 2.42. The van der Waals surface area contributed by atoms with E-state index < -0.39 is 0 Å². The lowest BCUT2D eigenvalue weighted by Crippen LogP contribution is -1.93. The summed E-state index contributed by atoms with van der Waals surface area (Å²) in [6.45, 7) is 3.87. The zero-order chi connectivity index (χ0) is 17.5. The van der Waals surface area contributed by atoms with Crippen LogP contribution in [0, 0.1) is 0 Å². The summed E-state index contributed by atoms with van der Waals surface area (Å²) < 4.78 is 16.5. The average molecular weight is 326 g/mol. The lowest BCUT2D eigenvalue weighted by molar-refractivity contribution is 0.344. The number of methoxy groups -OCH3 is 2. The quantitative estimate of drug-likeness (QED) is 0.786. The van der Waals surface area contributed by atoms with Gasteiger partial charge in [-0.2, -0.15) is 0 Å². The molecule has 0 bridgehead atoms. The lowest BCUT2D eigenvalue weighted by Gasteiger charge is -2.14. The van der Waals surface area contributed by atoms with Gasteiger partial charge in [-0.25, -0.2) is 0 Å². The first-order chi connectivity index (χ1) is 11.6. The van der Waals surface area contributed by atoms with Crippen molar-refractivity contribution in [2.75, 3.05) is 14.2 Å². The van der Waals surface area contributed by atoms with Crippen LogP contribution in [-0.2, 0) is 0 Å². The van der Waals surface area contributed by atoms with Crippen LogP contribution >= 0.6 is 0 Å². The maximum Gasteiger partial charge on any atom is 0.201 e. The fraction of sp³-hybridized carbons (Fsp3) is 0.200. The van der Waals surface area contributed by atoms with E-state index in [0.717, 1.165) is 11.1 Å². The summed E-state index contributed by atoms with van der Waals surface area (Å²) in [4.78, 5) is 0. The Morgan fingerprint density at radius 2 is 1.33 bits per heavy atom. The molecule has 2 rings (SSSR count). The molecule has 4 nitrogen and oxygen atoms in total. The van der Waals surface area contributed by atoms with Gasteiger partial charge in [-0.1, -0.05) is 30.4 Å². The largest absolute Gasteiger partial charge is 0.502 e. The van der Waals surface area contributed by atoms with Crippen LogP contribution in [0.3, 0.4) is 0 Å². The van der Waals surface area contributed by atoms with Gasteiger partial charge in [-0.05, 0) is 49.2 Å². The molecule has 0 saturated carbocycles. The zero-order valence-corrected chi connectivity index (χ0v) is 14.4. The van der Waals surface area contributed by atoms with Crippen molar-refractivity contribution < 1.29 is 19.3 Å². The molecule has 0 saturated heterocycles. The smallest absolute Gasteiger partial charge is 0.201 e. The van der Waals surface area contributed by atoms with Crippen LogP contribution in [0.4, 0.5) is 0 Å². The van der Waals surface area contributed by atoms with Crippen molar-refractivity contribution in [3.8, 4) is 28.7 Å². The van der Waals surface area contributed by atoms with Crippen LogP contribution in [0.2, 0.25) is 0 Å². The Hall–Kier alpha value is -2.88. The third-order valence-electron chi connectivity index (χ3n) is 3.41. The van der Waals surface area contributed by atoms with Crippen molar-refractivity contribution in [1.29, 1.82) is 0 Å². The molecule has 0 aliphatic rings. The predicted molar refractivity (Wildman–Crippen MR) is 97.1 cm³/mol. The Labute approximate surface area is 142 Å². The maximum atomic E-state index is 10.3. The molecule has 2 aromatic carbocycles. The van der Waals surface area contributed by atoms with Crippen LogP contribution in [0.25, 0.3) is 12.2 Å². The number of phenolic OH excluding ortho intramolecular Hbond substituents is 1. The van der Waals surface area contributed by atoms with Crippen molar-refractivity contribution in [3.63, 3.8) is 0 Å². The van der Waals surface area contributed by atoms with Crippen molar-refractivity contribution >= 4 is 12.2 Å². The van der Waals surface area contributed by atoms with Crippen LogP contribution in [0.15, 0.2) is 42.5 Å². The van der Waals surface area contributed by atoms with Crippen LogP contribution in [-0.4, -0.2) is 19.3 Å². The van der Waals surface area contributed by atoms with Gasteiger partial charge in [0.1, 0.15) is 0 Å². The Bertz CT molecular complexity index is 760. The molecule has 1 N–H and O–H groups in total. The van der Waals surface area contributed by atoms with E-state index in [1.54, 1.807) is 19.2 Å². The number of aromatic hydroxyl groups is 1. The van der Waals surface area contributed by atoms with E-state index in [1.165, 1.54) is 7.11 Å². The van der Waals surface area contributed by atoms with Gasteiger partial charge in [0.25, 0.3) is 0 Å². The number of ether oxygens (including phenoxy) is 3. The number of hydrogen-bond acceptors (Lipinski definition) is 4. The highest BCUT2D eigenvalue weighted by atomic mass is 16.5. The van der Waals surface area contributed by atoms with Crippen LogP contribution in [0.1, 0.15) is 25.0 Å². The summed E-state index contributed by atoms with van der Waals surface area (Å²) in [6, 6.07) is 9.09. The number of benzene rings is 2. The zero-order valence-electron chi connectivity index (χ0n) is 14.4. The molecule has 0 aromatic heterocycles. The van der Waals surface area contributed by atoms with Gasteiger partial charge in [-0.3, -0.25) is 0 Å². The number of rotatable bonds is 6. The standard InChI is InChI=1S/C20H22O4/c1-5-7-14-9-10-16(17(11-14)22-3)24-19-13-15(8-6-2)12-18(23-4)20(19)21/h5-13,21H,1-4H3/b7-5+,8-6+. The minimum Gasteiger partial charge on any atom is -0.502 e. The summed E-state index contributed by atoms with van der Waals surface area (Å²) in [5.41, 5.74) is 1.87. The molecule has 0 spiro atoms. The number of phenols is 1. The summed E-state index contributed by atoms with van der Waals surface area (Å²) in [7, 11) is 3.09. The first kappa shape index (κ1) is 17.5. The molecule has 24 heavy (non-hydrogen) atoms. The lowest BCUT2D eigenvalue weighted by atomic mass is 10.1. The van der Waals surface area contributed by atoms with E-state index in [0.29, 0.717) is 23.0 Å². The van der Waals surface area contributed by atoms with E-state index in [2.05, 4.69) is 0 Å². The third-order valence-corrected chi connectivity index (χ3v) is 3.41. The van der Waals surface area contributed by atoms with Gasteiger partial charge in [0.2, 0.25) is 5.75 Å². The molecular weight excluding hydrogens is 304 g/mol. The second-order valence-corrected chi connectivity index (χ2v) is 5.08. The Balaban J connectivity index is 2.45. The maximum absolute atomic E-state index is 10.3. The molecule has 0 unspecified atom stereocenters. The Kier molecular flexibility index (Phi) is 5.90. The monoisotopic (exact) mass is 326 g/mol. The van der Waals surface area contributed by atoms with Gasteiger partial charge < -0.3 is 19.3 Å². The van der Waals surface area contributed by atoms with Crippen LogP contribution in [0.5, 0.6) is 28.7 Å². The van der Waals surface area contributed by atoms with Gasteiger partial charge in [-0.15, -0.1) is 0 Å². The van der Waals surface area contributed by atoms with Gasteiger partial charge in [0.05, 0.1) is 14.2 Å². The van der Waals surface area contributed by atoms with Crippen molar-refractivity contribution in [2.45, 2.75) is 13.8 Å². The van der Waals surface area contributed by atoms with E-state index in [-0.39, 0.29) is 5.75 Å². The topological polar surface area (TPSA) is 47.9 Å². The summed E-state index contributed by atoms with van der Waals surface area (Å²) >= 11 is 0. The second-order valence-electron chi connectivity index (χ2n) is 5.08. The highest BCUT2D eigenvalue weighted by Gasteiger charge is 2.14. The van der Waals surface area contributed by atoms with E-state index in [1.807, 2.05) is 56.4 Å². The molecule has 0 atom stereocenters. The first-order valence-corrected chi connectivity index (χ1v) is 7.65. The Morgan fingerprint density at radius 1 is 0.750 bits per heavy atom. The Morgan fingerprint density at radius 3 is 1.96 bits per heavy atom. The molecule has 0 amide bonds. The van der Waals surface area contributed by atoms with E-state index in [4.69, 9.17) is 14.2 Å². The summed E-state index contributed by atoms with van der Waals surface area (Å²) in [6.07, 6.45) is 7.73. The number of allylic oxidation sites excluding steroid dienone is 2. The van der Waals surface area contributed by atoms with Crippen molar-refractivity contribution in [1.82, 2.24) is 0 Å². The van der Waals surface area contributed by atoms with Crippen molar-refractivity contribution in [2.24, 2.45) is 0 Å². The normalized spacial score (nSPS) is 11.2. The fourth-order valence-corrected chi connectivity index (χ4v) is 2.31. The van der Waals surface area contributed by atoms with Gasteiger partial charge in [0, 0.05) is 0 Å². The van der Waals surface area contributed by atoms with E-state index in [9.17, 15) is 5.11 Å². The minimum absolute atomic E-state index is 0.0506. The third kappa shape index (κ3) is 3.90. The molecule has 0 heterocycles. The SMILES string of the molecule is C/C=C/c1ccc(Oc2cc(/C=C/C)cc(OC)c2O)c(OC)c1. The highest BCUT2D eigenvalue weighted by molar-refractivity contribution is 5.63. The van der Waals surface area contributed by atoms with Crippen LogP contribution < -0.4 is 14.2 Å². The molecule has 2 aromatic rings.